The molecule has 0 spiro atoms. The van der Waals surface area contributed by atoms with E-state index in [0.29, 0.717) is 12.0 Å². The lowest BCUT2D eigenvalue weighted by atomic mass is 9.81. The summed E-state index contributed by atoms with van der Waals surface area (Å²) in [5, 5.41) is 9.65. The van der Waals surface area contributed by atoms with Crippen LogP contribution in [0.15, 0.2) is 29.2 Å². The van der Waals surface area contributed by atoms with Crippen LogP contribution in [0.5, 0.6) is 0 Å². The average molecular weight is 381 g/mol. The highest BCUT2D eigenvalue weighted by atomic mass is 32.2. The summed E-state index contributed by atoms with van der Waals surface area (Å²) in [4.78, 5) is 23.5. The van der Waals surface area contributed by atoms with Crippen molar-refractivity contribution in [2.45, 2.75) is 37.5 Å². The molecule has 2 fully saturated rings. The molecule has 1 aromatic carbocycles. The van der Waals surface area contributed by atoms with Gasteiger partial charge < -0.3 is 9.84 Å². The SMILES string of the molecule is CCOC(=O)Cc1cccc(S(=O)(=O)N2C[C@@H]3CCC[C@@]3(C(=O)O)C2)c1. The normalized spacial score (nSPS) is 25.8. The third-order valence-corrected chi connectivity index (χ3v) is 7.26. The lowest BCUT2D eigenvalue weighted by Gasteiger charge is -2.23. The summed E-state index contributed by atoms with van der Waals surface area (Å²) in [6, 6.07) is 6.21. The number of carboxylic acid groups (broad SMARTS) is 1. The van der Waals surface area contributed by atoms with Gasteiger partial charge in [0.05, 0.1) is 23.3 Å². The maximum atomic E-state index is 13.0. The van der Waals surface area contributed by atoms with E-state index in [1.165, 1.54) is 16.4 Å². The molecule has 2 atom stereocenters. The first kappa shape index (κ1) is 18.8. The summed E-state index contributed by atoms with van der Waals surface area (Å²) in [7, 11) is -3.81. The van der Waals surface area contributed by atoms with Crippen LogP contribution in [0.4, 0.5) is 0 Å². The lowest BCUT2D eigenvalue weighted by molar-refractivity contribution is -0.149. The molecule has 7 nitrogen and oxygen atoms in total. The third-order valence-electron chi connectivity index (χ3n) is 5.46. The summed E-state index contributed by atoms with van der Waals surface area (Å²) in [5.41, 5.74) is -0.410. The van der Waals surface area contributed by atoms with Gasteiger partial charge in [-0.25, -0.2) is 8.42 Å². The number of esters is 1. The first-order chi connectivity index (χ1) is 12.3. The quantitative estimate of drug-likeness (QED) is 0.752. The zero-order chi connectivity index (χ0) is 18.9. The van der Waals surface area contributed by atoms with Gasteiger partial charge in [0, 0.05) is 13.1 Å². The summed E-state index contributed by atoms with van der Waals surface area (Å²) >= 11 is 0. The minimum atomic E-state index is -3.81. The number of rotatable bonds is 6. The van der Waals surface area contributed by atoms with Gasteiger partial charge >= 0.3 is 11.9 Å². The Balaban J connectivity index is 1.83. The van der Waals surface area contributed by atoms with Gasteiger partial charge in [-0.05, 0) is 43.4 Å². The Morgan fingerprint density at radius 3 is 2.81 bits per heavy atom. The van der Waals surface area contributed by atoms with Crippen LogP contribution >= 0.6 is 0 Å². The van der Waals surface area contributed by atoms with Crippen molar-refractivity contribution >= 4 is 22.0 Å². The molecule has 1 aliphatic carbocycles. The average Bonchev–Trinajstić information content (AvgIpc) is 3.14. The highest BCUT2D eigenvalue weighted by Gasteiger charge is 2.57. The first-order valence-electron chi connectivity index (χ1n) is 8.78. The van der Waals surface area contributed by atoms with E-state index in [-0.39, 0.29) is 36.9 Å². The number of hydrogen-bond acceptors (Lipinski definition) is 5. The zero-order valence-corrected chi connectivity index (χ0v) is 15.5. The minimum absolute atomic E-state index is 0.00110. The molecule has 1 heterocycles. The number of carbonyl (C=O) groups is 2. The first-order valence-corrected chi connectivity index (χ1v) is 10.2. The third kappa shape index (κ3) is 3.23. The molecule has 8 heteroatoms. The molecule has 1 saturated carbocycles. The molecular formula is C18H23NO6S. The molecule has 0 amide bonds. The van der Waals surface area contributed by atoms with Gasteiger partial charge in [0.25, 0.3) is 0 Å². The second kappa shape index (κ2) is 7.00. The van der Waals surface area contributed by atoms with Gasteiger partial charge in [0.2, 0.25) is 10.0 Å². The number of aliphatic carboxylic acids is 1. The van der Waals surface area contributed by atoms with Crippen molar-refractivity contribution in [1.29, 1.82) is 0 Å². The minimum Gasteiger partial charge on any atom is -0.481 e. The van der Waals surface area contributed by atoms with E-state index in [4.69, 9.17) is 4.74 Å². The number of carbonyl (C=O) groups excluding carboxylic acids is 1. The van der Waals surface area contributed by atoms with Crippen LogP contribution in [0.25, 0.3) is 0 Å². The van der Waals surface area contributed by atoms with Gasteiger partial charge in [-0.2, -0.15) is 4.31 Å². The number of ether oxygens (including phenoxy) is 1. The van der Waals surface area contributed by atoms with Gasteiger partial charge in [-0.15, -0.1) is 0 Å². The summed E-state index contributed by atoms with van der Waals surface area (Å²) in [5.74, 6) is -1.46. The number of fused-ring (bicyclic) bond motifs is 1. The summed E-state index contributed by atoms with van der Waals surface area (Å²) in [6.07, 6.45) is 2.07. The molecular weight excluding hydrogens is 358 g/mol. The van der Waals surface area contributed by atoms with E-state index in [1.807, 2.05) is 0 Å². The van der Waals surface area contributed by atoms with Crippen molar-refractivity contribution in [3.63, 3.8) is 0 Å². The topological polar surface area (TPSA) is 101 Å². The highest BCUT2D eigenvalue weighted by Crippen LogP contribution is 2.50. The van der Waals surface area contributed by atoms with Crippen molar-refractivity contribution < 1.29 is 27.9 Å². The smallest absolute Gasteiger partial charge is 0.311 e. The molecule has 0 bridgehead atoms. The number of nitrogens with zero attached hydrogens (tertiary/aromatic N) is 1. The van der Waals surface area contributed by atoms with E-state index in [2.05, 4.69) is 0 Å². The molecule has 0 radical (unpaired) electrons. The van der Waals surface area contributed by atoms with Crippen molar-refractivity contribution in [3.05, 3.63) is 29.8 Å². The molecule has 0 aromatic heterocycles. The number of carboxylic acids is 1. The fourth-order valence-corrected chi connectivity index (χ4v) is 5.75. The predicted octanol–water partition coefficient (Wildman–Crippen LogP) is 1.67. The van der Waals surface area contributed by atoms with Crippen LogP contribution in [-0.4, -0.2) is 49.5 Å². The molecule has 1 aromatic rings. The summed E-state index contributed by atoms with van der Waals surface area (Å²) in [6.45, 7) is 2.22. The van der Waals surface area contributed by atoms with E-state index in [1.54, 1.807) is 19.1 Å². The number of hydrogen-bond donors (Lipinski definition) is 1. The predicted molar refractivity (Wildman–Crippen MR) is 92.9 cm³/mol. The Labute approximate surface area is 153 Å². The standard InChI is InChI=1S/C18H23NO6S/c1-2-25-16(20)10-13-5-3-7-15(9-13)26(23,24)19-11-14-6-4-8-18(14,12-19)17(21)22/h3,5,7,9,14H,2,4,6,8,10-12H2,1H3,(H,21,22)/t14-,18+/m0/s1. The molecule has 2 aliphatic rings. The van der Waals surface area contributed by atoms with Crippen molar-refractivity contribution in [1.82, 2.24) is 4.31 Å². The van der Waals surface area contributed by atoms with Crippen LogP contribution in [0.1, 0.15) is 31.7 Å². The van der Waals surface area contributed by atoms with Crippen LogP contribution in [-0.2, 0) is 30.8 Å². The van der Waals surface area contributed by atoms with E-state index >= 15 is 0 Å². The highest BCUT2D eigenvalue weighted by molar-refractivity contribution is 7.89. The van der Waals surface area contributed by atoms with E-state index in [9.17, 15) is 23.1 Å². The van der Waals surface area contributed by atoms with Gasteiger partial charge in [0.15, 0.2) is 0 Å². The second-order valence-electron chi connectivity index (χ2n) is 6.98. The zero-order valence-electron chi connectivity index (χ0n) is 14.7. The molecule has 0 unspecified atom stereocenters. The van der Waals surface area contributed by atoms with Crippen molar-refractivity contribution in [2.75, 3.05) is 19.7 Å². The van der Waals surface area contributed by atoms with Crippen LogP contribution in [0, 0.1) is 11.3 Å². The fraction of sp³-hybridized carbons (Fsp3) is 0.556. The Morgan fingerprint density at radius 2 is 2.15 bits per heavy atom. The second-order valence-corrected chi connectivity index (χ2v) is 8.92. The van der Waals surface area contributed by atoms with Crippen LogP contribution in [0.2, 0.25) is 0 Å². The van der Waals surface area contributed by atoms with E-state index < -0.39 is 27.4 Å². The Bertz CT molecular complexity index is 821. The van der Waals surface area contributed by atoms with E-state index in [0.717, 1.165) is 12.8 Å². The number of sulfonamides is 1. The Hall–Kier alpha value is -1.93. The van der Waals surface area contributed by atoms with Crippen LogP contribution < -0.4 is 0 Å². The van der Waals surface area contributed by atoms with Gasteiger partial charge in [-0.3, -0.25) is 9.59 Å². The Morgan fingerprint density at radius 1 is 1.38 bits per heavy atom. The van der Waals surface area contributed by atoms with Gasteiger partial charge in [-0.1, -0.05) is 18.6 Å². The number of benzene rings is 1. The Kier molecular flexibility index (Phi) is 5.07. The van der Waals surface area contributed by atoms with Crippen LogP contribution in [0.3, 0.4) is 0 Å². The lowest BCUT2D eigenvalue weighted by Crippen LogP contribution is -2.37. The molecule has 1 N–H and O–H groups in total. The maximum absolute atomic E-state index is 13.0. The maximum Gasteiger partial charge on any atom is 0.311 e. The van der Waals surface area contributed by atoms with Crippen molar-refractivity contribution in [3.8, 4) is 0 Å². The molecule has 3 rings (SSSR count). The van der Waals surface area contributed by atoms with Gasteiger partial charge in [0.1, 0.15) is 0 Å². The largest absolute Gasteiger partial charge is 0.481 e. The molecule has 26 heavy (non-hydrogen) atoms. The monoisotopic (exact) mass is 381 g/mol. The molecule has 1 aliphatic heterocycles. The molecule has 1 saturated heterocycles. The summed E-state index contributed by atoms with van der Waals surface area (Å²) < 4.78 is 32.2. The molecule has 142 valence electrons. The fourth-order valence-electron chi connectivity index (χ4n) is 4.12. The van der Waals surface area contributed by atoms with Crippen molar-refractivity contribution in [2.24, 2.45) is 11.3 Å².